The third-order valence-corrected chi connectivity index (χ3v) is 8.05. The van der Waals surface area contributed by atoms with Gasteiger partial charge >= 0.3 is 0 Å². The molecule has 1 aromatic heterocycles. The Morgan fingerprint density at radius 1 is 1.23 bits per heavy atom. The van der Waals surface area contributed by atoms with E-state index in [1.807, 2.05) is 12.1 Å². The molecule has 0 radical (unpaired) electrons. The number of hydrogen-bond donors (Lipinski definition) is 1. The topological polar surface area (TPSA) is 66.5 Å². The highest BCUT2D eigenvalue weighted by Gasteiger charge is 2.30. The molecule has 0 saturated carbocycles. The summed E-state index contributed by atoms with van der Waals surface area (Å²) < 4.78 is 28.1. The fourth-order valence-corrected chi connectivity index (χ4v) is 6.41. The fraction of sp³-hybridized carbons (Fsp3) is 0.353. The second-order valence-corrected chi connectivity index (χ2v) is 10.1. The van der Waals surface area contributed by atoms with E-state index in [-0.39, 0.29) is 16.3 Å². The van der Waals surface area contributed by atoms with Crippen molar-refractivity contribution < 1.29 is 13.2 Å². The number of benzene rings is 1. The molecule has 3 rings (SSSR count). The standard InChI is InChI=1S/C17H18BrClN2O3S2/c18-13-5-4-12(14(19)10-13)11-20-17(22)16-15(6-9-25-16)26(23,24)21-7-2-1-3-8-21/h4-6,9-10H,1-3,7-8,11H2,(H,20,22). The van der Waals surface area contributed by atoms with Crippen LogP contribution in [0.25, 0.3) is 0 Å². The minimum atomic E-state index is -3.64. The Morgan fingerprint density at radius 2 is 1.96 bits per heavy atom. The van der Waals surface area contributed by atoms with Gasteiger partial charge in [-0.1, -0.05) is 40.0 Å². The Kier molecular flexibility index (Phi) is 6.40. The van der Waals surface area contributed by atoms with Gasteiger partial charge in [-0.05, 0) is 42.0 Å². The third kappa shape index (κ3) is 4.31. The summed E-state index contributed by atoms with van der Waals surface area (Å²) in [6.07, 6.45) is 2.75. The molecular weight excluding hydrogens is 460 g/mol. The summed E-state index contributed by atoms with van der Waals surface area (Å²) in [5.41, 5.74) is 0.764. The Hall–Kier alpha value is -0.930. The number of nitrogens with zero attached hydrogens (tertiary/aromatic N) is 1. The van der Waals surface area contributed by atoms with E-state index < -0.39 is 15.9 Å². The van der Waals surface area contributed by atoms with Gasteiger partial charge in [0.1, 0.15) is 9.77 Å². The van der Waals surface area contributed by atoms with Crippen LogP contribution in [0.15, 0.2) is 39.0 Å². The van der Waals surface area contributed by atoms with Crippen molar-refractivity contribution in [3.63, 3.8) is 0 Å². The molecule has 2 aromatic rings. The van der Waals surface area contributed by atoms with Crippen molar-refractivity contribution in [3.8, 4) is 0 Å². The molecular formula is C17H18BrClN2O3S2. The zero-order valence-corrected chi connectivity index (χ0v) is 17.8. The molecule has 1 aliphatic heterocycles. The number of thiophene rings is 1. The number of carbonyl (C=O) groups excluding carboxylic acids is 1. The Labute approximate surface area is 170 Å². The molecule has 5 nitrogen and oxygen atoms in total. The molecule has 26 heavy (non-hydrogen) atoms. The first-order valence-electron chi connectivity index (χ1n) is 8.19. The second-order valence-electron chi connectivity index (χ2n) is 6.00. The first kappa shape index (κ1) is 19.8. The van der Waals surface area contributed by atoms with Crippen LogP contribution in [0.3, 0.4) is 0 Å². The van der Waals surface area contributed by atoms with Crippen LogP contribution in [0.2, 0.25) is 5.02 Å². The predicted octanol–water partition coefficient (Wildman–Crippen LogP) is 4.27. The van der Waals surface area contributed by atoms with Gasteiger partial charge in [0, 0.05) is 29.1 Å². The van der Waals surface area contributed by atoms with Crippen LogP contribution < -0.4 is 5.32 Å². The van der Waals surface area contributed by atoms with Crippen molar-refractivity contribution in [2.75, 3.05) is 13.1 Å². The maximum atomic E-state index is 12.9. The average Bonchev–Trinajstić information content (AvgIpc) is 3.12. The van der Waals surface area contributed by atoms with Gasteiger partial charge < -0.3 is 5.32 Å². The number of carbonyl (C=O) groups is 1. The van der Waals surface area contributed by atoms with Crippen molar-refractivity contribution in [2.45, 2.75) is 30.7 Å². The Balaban J connectivity index is 1.76. The van der Waals surface area contributed by atoms with Crippen molar-refractivity contribution in [2.24, 2.45) is 0 Å². The van der Waals surface area contributed by atoms with Crippen molar-refractivity contribution >= 4 is 54.8 Å². The lowest BCUT2D eigenvalue weighted by atomic mass is 10.2. The Bertz CT molecular complexity index is 908. The van der Waals surface area contributed by atoms with Crippen molar-refractivity contribution in [1.29, 1.82) is 0 Å². The minimum absolute atomic E-state index is 0.0869. The van der Waals surface area contributed by atoms with Crippen LogP contribution in [-0.4, -0.2) is 31.7 Å². The number of piperidine rings is 1. The molecule has 1 amide bonds. The Morgan fingerprint density at radius 3 is 2.65 bits per heavy atom. The number of halogens is 2. The normalized spacial score (nSPS) is 15.8. The van der Waals surface area contributed by atoms with Crippen LogP contribution >= 0.6 is 38.9 Å². The van der Waals surface area contributed by atoms with E-state index in [0.717, 1.165) is 40.6 Å². The van der Waals surface area contributed by atoms with Gasteiger partial charge in [-0.2, -0.15) is 4.31 Å². The molecule has 1 fully saturated rings. The zero-order valence-electron chi connectivity index (χ0n) is 13.9. The van der Waals surface area contributed by atoms with Crippen LogP contribution in [-0.2, 0) is 16.6 Å². The second kappa shape index (κ2) is 8.39. The molecule has 9 heteroatoms. The average molecular weight is 478 g/mol. The zero-order chi connectivity index (χ0) is 18.7. The SMILES string of the molecule is O=C(NCc1ccc(Br)cc1Cl)c1sccc1S(=O)(=O)N1CCCCC1. The molecule has 0 aliphatic carbocycles. The smallest absolute Gasteiger partial charge is 0.263 e. The molecule has 0 bridgehead atoms. The summed E-state index contributed by atoms with van der Waals surface area (Å²) in [5, 5.41) is 4.94. The lowest BCUT2D eigenvalue weighted by Crippen LogP contribution is -2.36. The molecule has 1 aromatic carbocycles. The van der Waals surface area contributed by atoms with E-state index in [1.54, 1.807) is 11.4 Å². The molecule has 1 aliphatic rings. The van der Waals surface area contributed by atoms with Crippen LogP contribution in [0.1, 0.15) is 34.5 Å². The lowest BCUT2D eigenvalue weighted by Gasteiger charge is -2.25. The molecule has 1 saturated heterocycles. The highest BCUT2D eigenvalue weighted by atomic mass is 79.9. The van der Waals surface area contributed by atoms with Gasteiger partial charge in [-0.15, -0.1) is 11.3 Å². The van der Waals surface area contributed by atoms with Crippen LogP contribution in [0.5, 0.6) is 0 Å². The minimum Gasteiger partial charge on any atom is -0.347 e. The van der Waals surface area contributed by atoms with Gasteiger partial charge in [-0.3, -0.25) is 4.79 Å². The maximum Gasteiger partial charge on any atom is 0.263 e. The van der Waals surface area contributed by atoms with Gasteiger partial charge in [-0.25, -0.2) is 8.42 Å². The van der Waals surface area contributed by atoms with Crippen LogP contribution in [0, 0.1) is 0 Å². The first-order valence-corrected chi connectivity index (χ1v) is 11.7. The maximum absolute atomic E-state index is 12.9. The first-order chi connectivity index (χ1) is 12.4. The molecule has 0 unspecified atom stereocenters. The van der Waals surface area contributed by atoms with E-state index in [1.165, 1.54) is 10.4 Å². The number of hydrogen-bond acceptors (Lipinski definition) is 4. The number of nitrogens with one attached hydrogen (secondary N) is 1. The van der Waals surface area contributed by atoms with E-state index in [2.05, 4.69) is 21.2 Å². The van der Waals surface area contributed by atoms with Gasteiger partial charge in [0.15, 0.2) is 0 Å². The quantitative estimate of drug-likeness (QED) is 0.699. The summed E-state index contributed by atoms with van der Waals surface area (Å²) >= 11 is 10.6. The van der Waals surface area contributed by atoms with Crippen molar-refractivity contribution in [1.82, 2.24) is 9.62 Å². The van der Waals surface area contributed by atoms with Crippen LogP contribution in [0.4, 0.5) is 0 Å². The highest BCUT2D eigenvalue weighted by Crippen LogP contribution is 2.27. The molecule has 0 spiro atoms. The van der Waals surface area contributed by atoms with Gasteiger partial charge in [0.25, 0.3) is 5.91 Å². The predicted molar refractivity (Wildman–Crippen MR) is 107 cm³/mol. The molecule has 1 N–H and O–H groups in total. The van der Waals surface area contributed by atoms with E-state index in [4.69, 9.17) is 11.6 Å². The van der Waals surface area contributed by atoms with E-state index >= 15 is 0 Å². The largest absolute Gasteiger partial charge is 0.347 e. The molecule has 2 heterocycles. The third-order valence-electron chi connectivity index (χ3n) is 4.22. The summed E-state index contributed by atoms with van der Waals surface area (Å²) in [6.45, 7) is 1.24. The monoisotopic (exact) mass is 476 g/mol. The summed E-state index contributed by atoms with van der Waals surface area (Å²) in [4.78, 5) is 12.9. The number of amides is 1. The number of rotatable bonds is 5. The summed E-state index contributed by atoms with van der Waals surface area (Å²) in [7, 11) is -3.64. The highest BCUT2D eigenvalue weighted by molar-refractivity contribution is 9.10. The number of sulfonamides is 1. The summed E-state index contributed by atoms with van der Waals surface area (Å²) in [5.74, 6) is -0.408. The van der Waals surface area contributed by atoms with E-state index in [0.29, 0.717) is 18.1 Å². The van der Waals surface area contributed by atoms with Gasteiger partial charge in [0.2, 0.25) is 10.0 Å². The van der Waals surface area contributed by atoms with Crippen molar-refractivity contribution in [3.05, 3.63) is 49.6 Å². The fourth-order valence-electron chi connectivity index (χ4n) is 2.83. The molecule has 0 atom stereocenters. The molecule has 140 valence electrons. The summed E-state index contributed by atoms with van der Waals surface area (Å²) in [6, 6.07) is 6.91. The van der Waals surface area contributed by atoms with E-state index in [9.17, 15) is 13.2 Å². The van der Waals surface area contributed by atoms with Gasteiger partial charge in [0.05, 0.1) is 0 Å². The lowest BCUT2D eigenvalue weighted by molar-refractivity contribution is 0.0952.